The second-order valence-electron chi connectivity index (χ2n) is 2.59. The van der Waals surface area contributed by atoms with Gasteiger partial charge >= 0.3 is 6.03 Å². The maximum atomic E-state index is 11.7. The van der Waals surface area contributed by atoms with Gasteiger partial charge in [-0.15, -0.1) is 0 Å². The van der Waals surface area contributed by atoms with E-state index in [1.165, 1.54) is 14.0 Å². The molecule has 0 aromatic heterocycles. The van der Waals surface area contributed by atoms with Crippen molar-refractivity contribution in [3.63, 3.8) is 0 Å². The zero-order chi connectivity index (χ0) is 11.1. The maximum Gasteiger partial charge on any atom is 0.321 e. The highest BCUT2D eigenvalue weighted by atomic mass is 19.3. The maximum absolute atomic E-state index is 11.7. The molecular weight excluding hydrogens is 196 g/mol. The fraction of sp³-hybridized carbons (Fsp3) is 0.714. The van der Waals surface area contributed by atoms with Gasteiger partial charge in [-0.1, -0.05) is 0 Å². The quantitative estimate of drug-likeness (QED) is 0.594. The molecule has 3 amide bonds. The first-order chi connectivity index (χ1) is 6.47. The summed E-state index contributed by atoms with van der Waals surface area (Å²) in [5, 5.41) is 6.39. The molecule has 3 N–H and O–H groups in total. The summed E-state index contributed by atoms with van der Waals surface area (Å²) in [5.41, 5.74) is 0. The van der Waals surface area contributed by atoms with Crippen LogP contribution in [0.5, 0.6) is 0 Å². The molecule has 1 unspecified atom stereocenters. The van der Waals surface area contributed by atoms with Gasteiger partial charge in [-0.2, -0.15) is 0 Å². The molecule has 82 valence electrons. The third-order valence-corrected chi connectivity index (χ3v) is 1.44. The molecule has 0 aromatic carbocycles. The second kappa shape index (κ2) is 6.25. The standard InChI is InChI=1S/C7H13F2N3O2/c1-4(11-3-5(8)9)6(13)12-7(14)10-2/h4-5,11H,3H2,1-2H3,(H2,10,12,13,14). The molecule has 7 heteroatoms. The summed E-state index contributed by atoms with van der Waals surface area (Å²) in [6.07, 6.45) is -2.52. The van der Waals surface area contributed by atoms with Crippen LogP contribution in [0.25, 0.3) is 0 Å². The Hall–Kier alpha value is -1.24. The lowest BCUT2D eigenvalue weighted by Crippen LogP contribution is -2.48. The van der Waals surface area contributed by atoms with Gasteiger partial charge in [-0.25, -0.2) is 13.6 Å². The molecule has 0 aliphatic carbocycles. The van der Waals surface area contributed by atoms with Gasteiger partial charge in [0.05, 0.1) is 12.6 Å². The number of halogens is 2. The molecule has 0 aromatic rings. The molecule has 1 atom stereocenters. The zero-order valence-corrected chi connectivity index (χ0v) is 7.93. The van der Waals surface area contributed by atoms with Crippen LogP contribution in [0.2, 0.25) is 0 Å². The van der Waals surface area contributed by atoms with Crippen LogP contribution in [0.1, 0.15) is 6.92 Å². The number of imide groups is 1. The lowest BCUT2D eigenvalue weighted by molar-refractivity contribution is -0.121. The predicted molar refractivity (Wildman–Crippen MR) is 46.1 cm³/mol. The van der Waals surface area contributed by atoms with E-state index in [1.54, 1.807) is 0 Å². The zero-order valence-electron chi connectivity index (χ0n) is 7.93. The van der Waals surface area contributed by atoms with Crippen molar-refractivity contribution < 1.29 is 18.4 Å². The van der Waals surface area contributed by atoms with Gasteiger partial charge in [-0.3, -0.25) is 10.1 Å². The molecule has 0 saturated heterocycles. The van der Waals surface area contributed by atoms with Gasteiger partial charge in [0.25, 0.3) is 6.43 Å². The van der Waals surface area contributed by atoms with Crippen LogP contribution in [0.4, 0.5) is 13.6 Å². The van der Waals surface area contributed by atoms with E-state index >= 15 is 0 Å². The van der Waals surface area contributed by atoms with Crippen LogP contribution in [0, 0.1) is 0 Å². The number of alkyl halides is 2. The molecule has 0 bridgehead atoms. The molecule has 0 rings (SSSR count). The van der Waals surface area contributed by atoms with E-state index in [4.69, 9.17) is 0 Å². The highest BCUT2D eigenvalue weighted by Gasteiger charge is 2.15. The van der Waals surface area contributed by atoms with Crippen molar-refractivity contribution in [2.45, 2.75) is 19.4 Å². The van der Waals surface area contributed by atoms with Crippen molar-refractivity contribution in [1.82, 2.24) is 16.0 Å². The number of carbonyl (C=O) groups excluding carboxylic acids is 2. The Labute approximate surface area is 80.2 Å². The summed E-state index contributed by atoms with van der Waals surface area (Å²) < 4.78 is 23.4. The summed E-state index contributed by atoms with van der Waals surface area (Å²) in [7, 11) is 1.35. The first-order valence-corrected chi connectivity index (χ1v) is 4.01. The third kappa shape index (κ3) is 5.41. The molecule has 0 saturated carbocycles. The minimum Gasteiger partial charge on any atom is -0.341 e. The van der Waals surface area contributed by atoms with Crippen LogP contribution in [0.3, 0.4) is 0 Å². The molecule has 5 nitrogen and oxygen atoms in total. The Morgan fingerprint density at radius 2 is 1.93 bits per heavy atom. The monoisotopic (exact) mass is 209 g/mol. The largest absolute Gasteiger partial charge is 0.341 e. The van der Waals surface area contributed by atoms with E-state index in [0.717, 1.165) is 0 Å². The predicted octanol–water partition coefficient (Wildman–Crippen LogP) is -0.315. The number of amides is 3. The van der Waals surface area contributed by atoms with Gasteiger partial charge in [0.15, 0.2) is 0 Å². The van der Waals surface area contributed by atoms with Crippen molar-refractivity contribution in [2.24, 2.45) is 0 Å². The number of rotatable bonds is 4. The molecular formula is C7H13F2N3O2. The second-order valence-corrected chi connectivity index (χ2v) is 2.59. The van der Waals surface area contributed by atoms with Gasteiger partial charge in [0, 0.05) is 7.05 Å². The van der Waals surface area contributed by atoms with Crippen molar-refractivity contribution in [1.29, 1.82) is 0 Å². The normalized spacial score (nSPS) is 12.4. The van der Waals surface area contributed by atoms with Crippen LogP contribution in [-0.2, 0) is 4.79 Å². The molecule has 14 heavy (non-hydrogen) atoms. The Balaban J connectivity index is 3.82. The Bertz CT molecular complexity index is 211. The SMILES string of the molecule is CNC(=O)NC(=O)C(C)NCC(F)F. The first kappa shape index (κ1) is 12.8. The van der Waals surface area contributed by atoms with Crippen molar-refractivity contribution in [3.8, 4) is 0 Å². The average Bonchev–Trinajstić information content (AvgIpc) is 2.13. The highest BCUT2D eigenvalue weighted by Crippen LogP contribution is 1.90. The first-order valence-electron chi connectivity index (χ1n) is 4.01. The molecule has 0 radical (unpaired) electrons. The summed E-state index contributed by atoms with van der Waals surface area (Å²) >= 11 is 0. The van der Waals surface area contributed by atoms with E-state index in [-0.39, 0.29) is 0 Å². The van der Waals surface area contributed by atoms with E-state index in [2.05, 4.69) is 10.6 Å². The van der Waals surface area contributed by atoms with E-state index in [1.807, 2.05) is 5.32 Å². The number of nitrogens with one attached hydrogen (secondary N) is 3. The van der Waals surface area contributed by atoms with Gasteiger partial charge in [0.1, 0.15) is 0 Å². The van der Waals surface area contributed by atoms with Crippen molar-refractivity contribution in [2.75, 3.05) is 13.6 Å². The van der Waals surface area contributed by atoms with E-state index in [9.17, 15) is 18.4 Å². The van der Waals surface area contributed by atoms with E-state index in [0.29, 0.717) is 0 Å². The Kier molecular flexibility index (Phi) is 5.70. The Morgan fingerprint density at radius 3 is 2.36 bits per heavy atom. The topological polar surface area (TPSA) is 70.2 Å². The van der Waals surface area contributed by atoms with Crippen molar-refractivity contribution in [3.05, 3.63) is 0 Å². The van der Waals surface area contributed by atoms with Gasteiger partial charge in [0.2, 0.25) is 5.91 Å². The third-order valence-electron chi connectivity index (χ3n) is 1.44. The number of carbonyl (C=O) groups is 2. The summed E-state index contributed by atoms with van der Waals surface area (Å²) in [4.78, 5) is 21.7. The number of urea groups is 1. The minimum absolute atomic E-state index is 0.581. The van der Waals surface area contributed by atoms with Crippen LogP contribution < -0.4 is 16.0 Å². The number of hydrogen-bond donors (Lipinski definition) is 3. The van der Waals surface area contributed by atoms with Crippen LogP contribution in [0.15, 0.2) is 0 Å². The molecule has 0 aliphatic rings. The molecule has 0 spiro atoms. The lowest BCUT2D eigenvalue weighted by Gasteiger charge is -2.12. The highest BCUT2D eigenvalue weighted by molar-refractivity contribution is 5.96. The summed E-state index contributed by atoms with van der Waals surface area (Å²) in [6.45, 7) is 0.809. The Morgan fingerprint density at radius 1 is 1.36 bits per heavy atom. The van der Waals surface area contributed by atoms with Crippen LogP contribution in [-0.4, -0.2) is 38.0 Å². The minimum atomic E-state index is -2.52. The average molecular weight is 209 g/mol. The number of hydrogen-bond acceptors (Lipinski definition) is 3. The molecule has 0 aliphatic heterocycles. The fourth-order valence-corrected chi connectivity index (χ4v) is 0.641. The molecule has 0 heterocycles. The van der Waals surface area contributed by atoms with Gasteiger partial charge in [-0.05, 0) is 6.92 Å². The smallest absolute Gasteiger partial charge is 0.321 e. The van der Waals surface area contributed by atoms with Crippen molar-refractivity contribution >= 4 is 11.9 Å². The molecule has 0 fully saturated rings. The van der Waals surface area contributed by atoms with Crippen LogP contribution >= 0.6 is 0 Å². The summed E-state index contributed by atoms with van der Waals surface area (Å²) in [5.74, 6) is -0.648. The lowest BCUT2D eigenvalue weighted by atomic mass is 10.3. The summed E-state index contributed by atoms with van der Waals surface area (Å²) in [6, 6.07) is -1.50. The van der Waals surface area contributed by atoms with E-state index < -0.39 is 31.0 Å². The van der Waals surface area contributed by atoms with Gasteiger partial charge < -0.3 is 10.6 Å². The fourth-order valence-electron chi connectivity index (χ4n) is 0.641.